The van der Waals surface area contributed by atoms with Crippen molar-refractivity contribution < 1.29 is 0 Å². The SMILES string of the molecule is Cc1cc(C)cc(-n2c3ccccc3c3ccc(-c4ncc(-c5nc(-c6ccc(C(C)(C)C)cc6)nc(-c6ccc(C(C)(C)C)cc6)n5)c5ccccc45)cc32)c1. The molecule has 280 valence electrons. The molecule has 5 heteroatoms. The van der Waals surface area contributed by atoms with Gasteiger partial charge in [-0.25, -0.2) is 15.0 Å². The van der Waals surface area contributed by atoms with Gasteiger partial charge in [0.25, 0.3) is 0 Å². The average Bonchev–Trinajstić information content (AvgIpc) is 3.53. The van der Waals surface area contributed by atoms with Crippen LogP contribution in [-0.2, 0) is 10.8 Å². The largest absolute Gasteiger partial charge is 0.309 e. The van der Waals surface area contributed by atoms with Gasteiger partial charge in [-0.05, 0) is 76.6 Å². The minimum absolute atomic E-state index is 0.0375. The average molecular weight is 742 g/mol. The van der Waals surface area contributed by atoms with E-state index in [0.29, 0.717) is 17.5 Å². The molecule has 57 heavy (non-hydrogen) atoms. The van der Waals surface area contributed by atoms with Crippen molar-refractivity contribution in [3.05, 3.63) is 162 Å². The van der Waals surface area contributed by atoms with Gasteiger partial charge in [0.05, 0.1) is 16.7 Å². The summed E-state index contributed by atoms with van der Waals surface area (Å²) in [5.74, 6) is 1.86. The number of aryl methyl sites for hydroxylation is 2. The van der Waals surface area contributed by atoms with Crippen LogP contribution in [0.25, 0.3) is 83.7 Å². The van der Waals surface area contributed by atoms with E-state index in [1.807, 2.05) is 6.20 Å². The topological polar surface area (TPSA) is 56.5 Å². The van der Waals surface area contributed by atoms with Gasteiger partial charge in [-0.15, -0.1) is 0 Å². The molecule has 9 aromatic rings. The molecule has 6 aromatic carbocycles. The minimum Gasteiger partial charge on any atom is -0.309 e. The van der Waals surface area contributed by atoms with Crippen LogP contribution in [0.2, 0.25) is 0 Å². The highest BCUT2D eigenvalue weighted by atomic mass is 15.0. The third-order valence-electron chi connectivity index (χ3n) is 11.1. The van der Waals surface area contributed by atoms with Gasteiger partial charge in [-0.3, -0.25) is 4.98 Å². The van der Waals surface area contributed by atoms with Crippen molar-refractivity contribution in [2.24, 2.45) is 0 Å². The number of hydrogen-bond donors (Lipinski definition) is 0. The smallest absolute Gasteiger partial charge is 0.166 e. The fourth-order valence-electron chi connectivity index (χ4n) is 8.07. The Kier molecular flexibility index (Phi) is 8.65. The molecule has 0 aliphatic rings. The van der Waals surface area contributed by atoms with Crippen LogP contribution in [0.5, 0.6) is 0 Å². The number of nitrogens with zero attached hydrogens (tertiary/aromatic N) is 5. The predicted molar refractivity (Wildman–Crippen MR) is 238 cm³/mol. The van der Waals surface area contributed by atoms with Crippen molar-refractivity contribution in [3.8, 4) is 51.1 Å². The van der Waals surface area contributed by atoms with Crippen LogP contribution in [0.3, 0.4) is 0 Å². The second kappa shape index (κ2) is 13.6. The van der Waals surface area contributed by atoms with Crippen molar-refractivity contribution >= 4 is 32.6 Å². The molecule has 0 N–H and O–H groups in total. The molecular formula is C52H47N5. The van der Waals surface area contributed by atoms with E-state index in [9.17, 15) is 0 Å². The fraction of sp³-hybridized carbons (Fsp3) is 0.192. The summed E-state index contributed by atoms with van der Waals surface area (Å²) in [7, 11) is 0. The Balaban J connectivity index is 1.22. The second-order valence-corrected chi connectivity index (χ2v) is 17.5. The molecule has 0 saturated heterocycles. The lowest BCUT2D eigenvalue weighted by Crippen LogP contribution is -2.11. The van der Waals surface area contributed by atoms with E-state index >= 15 is 0 Å². The summed E-state index contributed by atoms with van der Waals surface area (Å²) in [4.78, 5) is 20.6. The fourth-order valence-corrected chi connectivity index (χ4v) is 8.07. The van der Waals surface area contributed by atoms with Gasteiger partial charge in [0.1, 0.15) is 0 Å². The van der Waals surface area contributed by atoms with E-state index in [4.69, 9.17) is 19.9 Å². The van der Waals surface area contributed by atoms with Gasteiger partial charge in [-0.1, -0.05) is 151 Å². The van der Waals surface area contributed by atoms with E-state index in [1.54, 1.807) is 0 Å². The highest BCUT2D eigenvalue weighted by molar-refractivity contribution is 6.11. The molecule has 0 radical (unpaired) electrons. The summed E-state index contributed by atoms with van der Waals surface area (Å²) in [6, 6.07) is 47.9. The molecule has 3 aromatic heterocycles. The maximum absolute atomic E-state index is 5.22. The first-order valence-corrected chi connectivity index (χ1v) is 19.8. The van der Waals surface area contributed by atoms with Crippen LogP contribution in [0.15, 0.2) is 140 Å². The zero-order valence-corrected chi connectivity index (χ0v) is 34.0. The molecule has 5 nitrogen and oxygen atoms in total. The van der Waals surface area contributed by atoms with E-state index in [2.05, 4.69) is 193 Å². The highest BCUT2D eigenvalue weighted by Crippen LogP contribution is 2.39. The first-order valence-electron chi connectivity index (χ1n) is 19.8. The molecule has 0 aliphatic heterocycles. The molecule has 0 atom stereocenters. The second-order valence-electron chi connectivity index (χ2n) is 17.5. The van der Waals surface area contributed by atoms with Crippen molar-refractivity contribution in [1.82, 2.24) is 24.5 Å². The zero-order valence-electron chi connectivity index (χ0n) is 34.0. The van der Waals surface area contributed by atoms with E-state index in [0.717, 1.165) is 49.9 Å². The van der Waals surface area contributed by atoms with Crippen LogP contribution in [-0.4, -0.2) is 24.5 Å². The van der Waals surface area contributed by atoms with E-state index in [-0.39, 0.29) is 10.8 Å². The number of hydrogen-bond acceptors (Lipinski definition) is 4. The van der Waals surface area contributed by atoms with Gasteiger partial charge in [0.2, 0.25) is 0 Å². The zero-order chi connectivity index (χ0) is 39.6. The number of para-hydroxylation sites is 1. The van der Waals surface area contributed by atoms with Gasteiger partial charge in [0, 0.05) is 50.3 Å². The molecular weight excluding hydrogens is 695 g/mol. The first kappa shape index (κ1) is 36.2. The molecule has 0 fully saturated rings. The van der Waals surface area contributed by atoms with Crippen molar-refractivity contribution in [2.45, 2.75) is 66.2 Å². The molecule has 3 heterocycles. The Bertz CT molecular complexity index is 2880. The monoisotopic (exact) mass is 741 g/mol. The number of rotatable bonds is 5. The quantitative estimate of drug-likeness (QED) is 0.176. The van der Waals surface area contributed by atoms with Crippen LogP contribution in [0.4, 0.5) is 0 Å². The van der Waals surface area contributed by atoms with Gasteiger partial charge in [-0.2, -0.15) is 0 Å². The number of aromatic nitrogens is 5. The molecule has 0 unspecified atom stereocenters. The lowest BCUT2D eigenvalue weighted by Gasteiger charge is -2.19. The third kappa shape index (κ3) is 6.67. The number of fused-ring (bicyclic) bond motifs is 4. The van der Waals surface area contributed by atoms with Crippen molar-refractivity contribution in [3.63, 3.8) is 0 Å². The maximum atomic E-state index is 5.22. The lowest BCUT2D eigenvalue weighted by molar-refractivity contribution is 0.590. The molecule has 0 bridgehead atoms. The lowest BCUT2D eigenvalue weighted by atomic mass is 9.86. The number of benzene rings is 6. The Morgan fingerprint density at radius 2 is 0.930 bits per heavy atom. The van der Waals surface area contributed by atoms with Crippen LogP contribution in [0, 0.1) is 13.8 Å². The number of pyridine rings is 1. The maximum Gasteiger partial charge on any atom is 0.166 e. The summed E-state index contributed by atoms with van der Waals surface area (Å²) in [5, 5.41) is 4.52. The normalized spacial score (nSPS) is 12.2. The van der Waals surface area contributed by atoms with Crippen molar-refractivity contribution in [2.75, 3.05) is 0 Å². The summed E-state index contributed by atoms with van der Waals surface area (Å²) in [6.07, 6.45) is 1.94. The van der Waals surface area contributed by atoms with Gasteiger partial charge in [0.15, 0.2) is 17.5 Å². The van der Waals surface area contributed by atoms with E-state index in [1.165, 1.54) is 38.5 Å². The van der Waals surface area contributed by atoms with Crippen LogP contribution < -0.4 is 0 Å². The Morgan fingerprint density at radius 3 is 1.51 bits per heavy atom. The van der Waals surface area contributed by atoms with Gasteiger partial charge < -0.3 is 4.57 Å². The molecule has 0 spiro atoms. The van der Waals surface area contributed by atoms with Gasteiger partial charge >= 0.3 is 0 Å². The summed E-state index contributed by atoms with van der Waals surface area (Å²) in [6.45, 7) is 17.7. The summed E-state index contributed by atoms with van der Waals surface area (Å²) >= 11 is 0. The molecule has 9 rings (SSSR count). The minimum atomic E-state index is 0.0375. The summed E-state index contributed by atoms with van der Waals surface area (Å²) < 4.78 is 2.39. The predicted octanol–water partition coefficient (Wildman–Crippen LogP) is 13.4. The first-order chi connectivity index (χ1) is 27.3. The van der Waals surface area contributed by atoms with E-state index < -0.39 is 0 Å². The summed E-state index contributed by atoms with van der Waals surface area (Å²) in [5.41, 5.74) is 13.3. The highest BCUT2D eigenvalue weighted by Gasteiger charge is 2.21. The Hall–Kier alpha value is -6.46. The Labute approximate surface area is 335 Å². The van der Waals surface area contributed by atoms with Crippen molar-refractivity contribution in [1.29, 1.82) is 0 Å². The standard InChI is InChI=1S/C52H47N5/c1-32-27-33(2)29-39(28-32)57-45-16-12-11-14-41(45)42-26-21-36(30-46(42)57)47-43-15-10-9-13-40(43)44(31-53-47)50-55-48(34-17-22-37(23-18-34)51(3,4)5)54-49(56-50)35-19-24-38(25-20-35)52(6,7)8/h9-31H,1-8H3. The molecule has 0 amide bonds. The molecule has 0 aliphatic carbocycles. The van der Waals surface area contributed by atoms with Crippen LogP contribution >= 0.6 is 0 Å². The molecule has 0 saturated carbocycles. The third-order valence-corrected chi connectivity index (χ3v) is 11.1. The Morgan fingerprint density at radius 1 is 0.439 bits per heavy atom. The van der Waals surface area contributed by atoms with Crippen LogP contribution in [0.1, 0.15) is 63.8 Å².